The highest BCUT2D eigenvalue weighted by molar-refractivity contribution is 4.87. The molecule has 2 rings (SSSR count). The summed E-state index contributed by atoms with van der Waals surface area (Å²) in [6.45, 7) is 5.34. The van der Waals surface area contributed by atoms with Crippen molar-refractivity contribution in [2.45, 2.75) is 63.6 Å². The van der Waals surface area contributed by atoms with Gasteiger partial charge in [0.1, 0.15) is 0 Å². The van der Waals surface area contributed by atoms with Gasteiger partial charge in [-0.25, -0.2) is 0 Å². The Morgan fingerprint density at radius 1 is 1.12 bits per heavy atom. The normalized spacial score (nSPS) is 37.4. The summed E-state index contributed by atoms with van der Waals surface area (Å²) in [7, 11) is 2.13. The van der Waals surface area contributed by atoms with Crippen LogP contribution in [0.3, 0.4) is 0 Å². The van der Waals surface area contributed by atoms with Gasteiger partial charge in [0.2, 0.25) is 0 Å². The molecule has 3 unspecified atom stereocenters. The second-order valence-electron chi connectivity index (χ2n) is 5.63. The van der Waals surface area contributed by atoms with E-state index in [1.807, 2.05) is 0 Å². The second kappa shape index (κ2) is 6.72. The van der Waals surface area contributed by atoms with Crippen molar-refractivity contribution in [1.82, 2.24) is 10.2 Å². The maximum Gasteiger partial charge on any atom is 0.0674 e. The third kappa shape index (κ3) is 3.67. The summed E-state index contributed by atoms with van der Waals surface area (Å²) >= 11 is 0. The zero-order chi connectivity index (χ0) is 12.1. The van der Waals surface area contributed by atoms with E-state index in [4.69, 9.17) is 4.74 Å². The number of rotatable bonds is 2. The molecule has 17 heavy (non-hydrogen) atoms. The first-order valence-corrected chi connectivity index (χ1v) is 7.34. The molecule has 0 aromatic heterocycles. The average molecular weight is 240 g/mol. The number of ether oxygens (including phenoxy) is 1. The number of nitrogens with zero attached hydrogens (tertiary/aromatic N) is 1. The first-order chi connectivity index (χ1) is 8.31. The summed E-state index contributed by atoms with van der Waals surface area (Å²) < 4.78 is 5.66. The number of likely N-dealkylation sites (N-methyl/N-ethyl adjacent to an activating group) is 1. The highest BCUT2D eigenvalue weighted by Gasteiger charge is 2.29. The Morgan fingerprint density at radius 3 is 2.59 bits per heavy atom. The SMILES string of the molecule is CNC1CCCCCCC1N1CCOC(C)C1. The molecule has 1 aliphatic heterocycles. The van der Waals surface area contributed by atoms with Crippen LogP contribution in [0.2, 0.25) is 0 Å². The minimum Gasteiger partial charge on any atom is -0.376 e. The molecule has 2 aliphatic rings. The fraction of sp³-hybridized carbons (Fsp3) is 1.00. The standard InChI is InChI=1S/C14H28N2O/c1-12-11-16(9-10-17-12)14-8-6-4-3-5-7-13(14)15-2/h12-15H,3-11H2,1-2H3. The van der Waals surface area contributed by atoms with E-state index in [2.05, 4.69) is 24.2 Å². The van der Waals surface area contributed by atoms with Gasteiger partial charge < -0.3 is 10.1 Å². The monoisotopic (exact) mass is 240 g/mol. The molecule has 0 aromatic carbocycles. The lowest BCUT2D eigenvalue weighted by Gasteiger charge is -2.42. The van der Waals surface area contributed by atoms with Gasteiger partial charge in [-0.15, -0.1) is 0 Å². The van der Waals surface area contributed by atoms with E-state index in [0.717, 1.165) is 25.7 Å². The van der Waals surface area contributed by atoms with E-state index < -0.39 is 0 Å². The number of nitrogens with one attached hydrogen (secondary N) is 1. The predicted octanol–water partition coefficient (Wildman–Crippen LogP) is 2.02. The second-order valence-corrected chi connectivity index (χ2v) is 5.63. The van der Waals surface area contributed by atoms with Gasteiger partial charge in [0.05, 0.1) is 12.7 Å². The number of hydrogen-bond acceptors (Lipinski definition) is 3. The smallest absolute Gasteiger partial charge is 0.0674 e. The lowest BCUT2D eigenvalue weighted by atomic mass is 9.91. The predicted molar refractivity (Wildman–Crippen MR) is 71.3 cm³/mol. The highest BCUT2D eigenvalue weighted by atomic mass is 16.5. The first-order valence-electron chi connectivity index (χ1n) is 7.34. The van der Waals surface area contributed by atoms with Crippen molar-refractivity contribution in [3.05, 3.63) is 0 Å². The van der Waals surface area contributed by atoms with Crippen LogP contribution in [0.1, 0.15) is 45.4 Å². The summed E-state index contributed by atoms with van der Waals surface area (Å²) in [6.07, 6.45) is 8.74. The van der Waals surface area contributed by atoms with Gasteiger partial charge in [0.25, 0.3) is 0 Å². The molecule has 100 valence electrons. The number of hydrogen-bond donors (Lipinski definition) is 1. The van der Waals surface area contributed by atoms with Gasteiger partial charge in [-0.05, 0) is 26.8 Å². The number of morpholine rings is 1. The van der Waals surface area contributed by atoms with Gasteiger partial charge >= 0.3 is 0 Å². The van der Waals surface area contributed by atoms with E-state index in [0.29, 0.717) is 12.1 Å². The Kier molecular flexibility index (Phi) is 5.26. The fourth-order valence-electron chi connectivity index (χ4n) is 3.39. The molecule has 0 bridgehead atoms. The van der Waals surface area contributed by atoms with Crippen LogP contribution in [0, 0.1) is 0 Å². The highest BCUT2D eigenvalue weighted by Crippen LogP contribution is 2.23. The van der Waals surface area contributed by atoms with E-state index in [-0.39, 0.29) is 0 Å². The average Bonchev–Trinajstić information content (AvgIpc) is 2.29. The summed E-state index contributed by atoms with van der Waals surface area (Å²) in [5.41, 5.74) is 0. The molecule has 3 nitrogen and oxygen atoms in total. The molecule has 0 radical (unpaired) electrons. The molecule has 0 amide bonds. The van der Waals surface area contributed by atoms with Crippen LogP contribution in [0.15, 0.2) is 0 Å². The summed E-state index contributed by atoms with van der Waals surface area (Å²) in [4.78, 5) is 2.67. The molecule has 1 saturated carbocycles. The summed E-state index contributed by atoms with van der Waals surface area (Å²) in [6, 6.07) is 1.41. The maximum absolute atomic E-state index is 5.66. The topological polar surface area (TPSA) is 24.5 Å². The van der Waals surface area contributed by atoms with Crippen LogP contribution in [0.4, 0.5) is 0 Å². The zero-order valence-electron chi connectivity index (χ0n) is 11.5. The molecule has 3 heteroatoms. The third-order valence-corrected chi connectivity index (χ3v) is 4.34. The van der Waals surface area contributed by atoms with Gasteiger partial charge in [-0.3, -0.25) is 4.90 Å². The van der Waals surface area contributed by atoms with E-state index >= 15 is 0 Å². The van der Waals surface area contributed by atoms with Gasteiger partial charge in [0, 0.05) is 25.2 Å². The lowest BCUT2D eigenvalue weighted by molar-refractivity contribution is -0.0423. The van der Waals surface area contributed by atoms with Crippen molar-refractivity contribution in [1.29, 1.82) is 0 Å². The molecular formula is C14H28N2O. The van der Waals surface area contributed by atoms with Crippen molar-refractivity contribution in [2.24, 2.45) is 0 Å². The Morgan fingerprint density at radius 2 is 1.88 bits per heavy atom. The maximum atomic E-state index is 5.66. The zero-order valence-corrected chi connectivity index (χ0v) is 11.5. The molecule has 1 aliphatic carbocycles. The summed E-state index contributed by atoms with van der Waals surface area (Å²) in [5.74, 6) is 0. The van der Waals surface area contributed by atoms with E-state index in [9.17, 15) is 0 Å². The van der Waals surface area contributed by atoms with Crippen molar-refractivity contribution in [3.63, 3.8) is 0 Å². The molecule has 2 fully saturated rings. The molecule has 0 aromatic rings. The van der Waals surface area contributed by atoms with Gasteiger partial charge in [0.15, 0.2) is 0 Å². The first kappa shape index (κ1) is 13.3. The molecule has 1 N–H and O–H groups in total. The Labute approximate surface area is 106 Å². The van der Waals surface area contributed by atoms with Crippen LogP contribution in [-0.2, 0) is 4.74 Å². The molecule has 1 heterocycles. The van der Waals surface area contributed by atoms with E-state index in [1.54, 1.807) is 0 Å². The Balaban J connectivity index is 1.97. The Hall–Kier alpha value is -0.120. The minimum atomic E-state index is 0.409. The minimum absolute atomic E-state index is 0.409. The quantitative estimate of drug-likeness (QED) is 0.799. The van der Waals surface area contributed by atoms with Crippen molar-refractivity contribution in [2.75, 3.05) is 26.7 Å². The van der Waals surface area contributed by atoms with E-state index in [1.165, 1.54) is 38.5 Å². The summed E-state index contributed by atoms with van der Waals surface area (Å²) in [5, 5.41) is 3.55. The van der Waals surface area contributed by atoms with Gasteiger partial charge in [-0.1, -0.05) is 25.7 Å². The van der Waals surface area contributed by atoms with Crippen LogP contribution in [0.5, 0.6) is 0 Å². The van der Waals surface area contributed by atoms with Gasteiger partial charge in [-0.2, -0.15) is 0 Å². The molecule has 3 atom stereocenters. The third-order valence-electron chi connectivity index (χ3n) is 4.34. The Bertz CT molecular complexity index is 222. The van der Waals surface area contributed by atoms with Crippen molar-refractivity contribution in [3.8, 4) is 0 Å². The van der Waals surface area contributed by atoms with Crippen molar-refractivity contribution >= 4 is 0 Å². The molecule has 0 spiro atoms. The van der Waals surface area contributed by atoms with Crippen molar-refractivity contribution < 1.29 is 4.74 Å². The van der Waals surface area contributed by atoms with Crippen LogP contribution in [0.25, 0.3) is 0 Å². The van der Waals surface area contributed by atoms with Crippen LogP contribution < -0.4 is 5.32 Å². The van der Waals surface area contributed by atoms with Crippen LogP contribution in [-0.4, -0.2) is 49.8 Å². The fourth-order valence-corrected chi connectivity index (χ4v) is 3.39. The molecule has 1 saturated heterocycles. The lowest BCUT2D eigenvalue weighted by Crippen LogP contribution is -2.54. The van der Waals surface area contributed by atoms with Crippen LogP contribution >= 0.6 is 0 Å². The molecular weight excluding hydrogens is 212 g/mol. The largest absolute Gasteiger partial charge is 0.376 e.